The van der Waals surface area contributed by atoms with Gasteiger partial charge in [0.1, 0.15) is 5.49 Å². The van der Waals surface area contributed by atoms with Crippen molar-refractivity contribution in [2.45, 2.75) is 52.9 Å². The molecule has 2 aromatic carbocycles. The molecular formula is C25H30N2. The van der Waals surface area contributed by atoms with Gasteiger partial charge in [-0.05, 0) is 54.3 Å². The lowest BCUT2D eigenvalue weighted by atomic mass is 9.88. The molecule has 1 heterocycles. The molecular weight excluding hydrogens is 328 g/mol. The molecule has 0 atom stereocenters. The molecule has 0 unspecified atom stereocenters. The van der Waals surface area contributed by atoms with E-state index in [1.54, 1.807) is 0 Å². The number of hydrogen-bond donors (Lipinski definition) is 0. The van der Waals surface area contributed by atoms with Crippen LogP contribution in [0.25, 0.3) is 5.69 Å². The minimum Gasteiger partial charge on any atom is -0.298 e. The van der Waals surface area contributed by atoms with E-state index in [9.17, 15) is 0 Å². The van der Waals surface area contributed by atoms with Gasteiger partial charge in [0, 0.05) is 16.8 Å². The molecule has 0 aliphatic rings. The smallest absolute Gasteiger partial charge is 0.141 e. The van der Waals surface area contributed by atoms with Gasteiger partial charge in [-0.2, -0.15) is 0 Å². The molecule has 0 N–H and O–H groups in total. The number of pyridine rings is 1. The maximum absolute atomic E-state index is 5.13. The molecule has 0 aliphatic carbocycles. The third-order valence-corrected chi connectivity index (χ3v) is 4.93. The molecule has 0 spiro atoms. The van der Waals surface area contributed by atoms with E-state index in [4.69, 9.17) is 4.99 Å². The highest BCUT2D eigenvalue weighted by Crippen LogP contribution is 2.26. The Morgan fingerprint density at radius 3 is 1.93 bits per heavy atom. The van der Waals surface area contributed by atoms with Crippen LogP contribution in [0.1, 0.15) is 51.4 Å². The Morgan fingerprint density at radius 2 is 1.41 bits per heavy atom. The lowest BCUT2D eigenvalue weighted by Crippen LogP contribution is -2.32. The van der Waals surface area contributed by atoms with E-state index in [2.05, 4.69) is 87.7 Å². The Bertz CT molecular complexity index is 959. The van der Waals surface area contributed by atoms with Crippen molar-refractivity contribution in [3.63, 3.8) is 0 Å². The van der Waals surface area contributed by atoms with Gasteiger partial charge < -0.3 is 0 Å². The number of para-hydroxylation sites is 2. The van der Waals surface area contributed by atoms with Gasteiger partial charge in [0.25, 0.3) is 0 Å². The normalized spacial score (nSPS) is 12.4. The molecule has 2 heteroatoms. The molecule has 3 rings (SSSR count). The molecule has 2 nitrogen and oxygen atoms in total. The summed E-state index contributed by atoms with van der Waals surface area (Å²) >= 11 is 0. The summed E-state index contributed by atoms with van der Waals surface area (Å²) in [4.78, 5) is 5.13. The van der Waals surface area contributed by atoms with Crippen LogP contribution in [-0.4, -0.2) is 4.57 Å². The van der Waals surface area contributed by atoms with Crippen molar-refractivity contribution in [1.29, 1.82) is 0 Å². The van der Waals surface area contributed by atoms with Crippen molar-refractivity contribution < 1.29 is 0 Å². The monoisotopic (exact) mass is 358 g/mol. The van der Waals surface area contributed by atoms with E-state index < -0.39 is 0 Å². The number of benzene rings is 2. The zero-order valence-corrected chi connectivity index (χ0v) is 17.2. The summed E-state index contributed by atoms with van der Waals surface area (Å²) in [7, 11) is 0. The second-order valence-electron chi connectivity index (χ2n) is 7.93. The van der Waals surface area contributed by atoms with Gasteiger partial charge in [-0.25, -0.2) is 4.99 Å². The summed E-state index contributed by atoms with van der Waals surface area (Å²) in [6.07, 6.45) is 1.98. The van der Waals surface area contributed by atoms with Crippen LogP contribution in [0.5, 0.6) is 0 Å². The van der Waals surface area contributed by atoms with E-state index in [0.29, 0.717) is 0 Å². The maximum atomic E-state index is 5.13. The summed E-state index contributed by atoms with van der Waals surface area (Å²) < 4.78 is 2.35. The summed E-state index contributed by atoms with van der Waals surface area (Å²) in [5, 5.41) is 0. The highest BCUT2D eigenvalue weighted by atomic mass is 15.0. The van der Waals surface area contributed by atoms with Gasteiger partial charge in [-0.1, -0.05) is 71.0 Å². The van der Waals surface area contributed by atoms with Crippen LogP contribution >= 0.6 is 0 Å². The minimum absolute atomic E-state index is 0.00694. The third-order valence-electron chi connectivity index (χ3n) is 4.93. The Labute approximate surface area is 163 Å². The van der Waals surface area contributed by atoms with Crippen LogP contribution in [0.3, 0.4) is 0 Å². The number of aryl methyl sites for hydroxylation is 1. The van der Waals surface area contributed by atoms with Gasteiger partial charge in [0.05, 0.1) is 5.69 Å². The largest absolute Gasteiger partial charge is 0.298 e. The summed E-state index contributed by atoms with van der Waals surface area (Å²) in [5.74, 6) is 0. The van der Waals surface area contributed by atoms with Crippen LogP contribution in [-0.2, 0) is 18.3 Å². The van der Waals surface area contributed by atoms with Crippen molar-refractivity contribution >= 4 is 5.69 Å². The average Bonchev–Trinajstić information content (AvgIpc) is 2.67. The second-order valence-corrected chi connectivity index (χ2v) is 7.93. The first kappa shape index (κ1) is 19.2. The molecule has 3 aromatic rings. The van der Waals surface area contributed by atoms with Gasteiger partial charge in [-0.3, -0.25) is 4.57 Å². The molecule has 0 radical (unpaired) electrons. The van der Waals surface area contributed by atoms with Crippen LogP contribution in [0.2, 0.25) is 0 Å². The quantitative estimate of drug-likeness (QED) is 0.533. The van der Waals surface area contributed by atoms with Crippen LogP contribution < -0.4 is 5.49 Å². The Morgan fingerprint density at radius 1 is 0.815 bits per heavy atom. The Balaban J connectivity index is 2.49. The molecule has 0 amide bonds. The number of aromatic nitrogens is 1. The molecule has 0 saturated heterocycles. The first-order chi connectivity index (χ1) is 13.0. The van der Waals surface area contributed by atoms with E-state index in [1.807, 2.05) is 18.2 Å². The Kier molecular flexibility index (Phi) is 5.65. The van der Waals surface area contributed by atoms with Crippen LogP contribution in [0.15, 0.2) is 71.7 Å². The van der Waals surface area contributed by atoms with Gasteiger partial charge in [0.2, 0.25) is 0 Å². The van der Waals surface area contributed by atoms with Gasteiger partial charge in [-0.15, -0.1) is 0 Å². The lowest BCUT2D eigenvalue weighted by molar-refractivity contribution is 0.542. The van der Waals surface area contributed by atoms with E-state index in [-0.39, 0.29) is 5.41 Å². The fraction of sp³-hybridized carbons (Fsp3) is 0.320. The second kappa shape index (κ2) is 7.96. The van der Waals surface area contributed by atoms with Crippen molar-refractivity contribution in [3.8, 4) is 5.69 Å². The summed E-state index contributed by atoms with van der Waals surface area (Å²) in [5.41, 5.74) is 7.23. The predicted molar refractivity (Wildman–Crippen MR) is 115 cm³/mol. The third kappa shape index (κ3) is 4.05. The van der Waals surface area contributed by atoms with Crippen molar-refractivity contribution in [1.82, 2.24) is 4.57 Å². The lowest BCUT2D eigenvalue weighted by Gasteiger charge is -2.28. The zero-order valence-electron chi connectivity index (χ0n) is 17.2. The summed E-state index contributed by atoms with van der Waals surface area (Å²) in [6.45, 7) is 11.3. The van der Waals surface area contributed by atoms with E-state index >= 15 is 0 Å². The molecule has 140 valence electrons. The van der Waals surface area contributed by atoms with Crippen molar-refractivity contribution in [2.75, 3.05) is 0 Å². The maximum Gasteiger partial charge on any atom is 0.141 e. The van der Waals surface area contributed by atoms with Gasteiger partial charge in [0.15, 0.2) is 0 Å². The molecule has 0 aliphatic heterocycles. The molecule has 0 saturated carbocycles. The first-order valence-corrected chi connectivity index (χ1v) is 9.89. The minimum atomic E-state index is 0.00694. The predicted octanol–water partition coefficient (Wildman–Crippen LogP) is 6.13. The highest BCUT2D eigenvalue weighted by Gasteiger charge is 2.22. The summed E-state index contributed by atoms with van der Waals surface area (Å²) in [6, 6.07) is 23.3. The number of nitrogens with zero attached hydrogens (tertiary/aromatic N) is 2. The fourth-order valence-electron chi connectivity index (χ4n) is 3.54. The topological polar surface area (TPSA) is 17.3 Å². The van der Waals surface area contributed by atoms with Gasteiger partial charge >= 0.3 is 0 Å². The molecule has 1 aromatic heterocycles. The zero-order chi connectivity index (χ0) is 19.4. The highest BCUT2D eigenvalue weighted by molar-refractivity contribution is 5.43. The first-order valence-electron chi connectivity index (χ1n) is 9.89. The van der Waals surface area contributed by atoms with E-state index in [1.165, 1.54) is 16.8 Å². The standard InChI is InChI=1S/C25H30N2/c1-6-19-18-23(25(3,4)5)27(21-16-12-9-13-17-21)24(22(19)7-2)26-20-14-10-8-11-15-20/h8-18H,6-7H2,1-5H3. The SMILES string of the molecule is CCc1cc(C(C)(C)C)n(-c2ccccc2)c(=Nc2ccccc2)c1CC. The molecule has 0 bridgehead atoms. The number of hydrogen-bond acceptors (Lipinski definition) is 1. The Hall–Kier alpha value is -2.61. The molecule has 0 fully saturated rings. The van der Waals surface area contributed by atoms with Crippen molar-refractivity contribution in [3.05, 3.63) is 89.0 Å². The van der Waals surface area contributed by atoms with Crippen LogP contribution in [0, 0.1) is 0 Å². The average molecular weight is 359 g/mol. The van der Waals surface area contributed by atoms with Crippen LogP contribution in [0.4, 0.5) is 5.69 Å². The fourth-order valence-corrected chi connectivity index (χ4v) is 3.54. The van der Waals surface area contributed by atoms with Crippen molar-refractivity contribution in [2.24, 2.45) is 4.99 Å². The molecule has 27 heavy (non-hydrogen) atoms. The number of rotatable bonds is 4. The van der Waals surface area contributed by atoms with E-state index in [0.717, 1.165) is 29.7 Å².